The average molecular weight is 634 g/mol. The molecule has 1 atom stereocenters. The van der Waals surface area contributed by atoms with E-state index in [0.717, 1.165) is 24.3 Å². The van der Waals surface area contributed by atoms with Crippen LogP contribution < -0.4 is 20.3 Å². The van der Waals surface area contributed by atoms with E-state index in [9.17, 15) is 22.8 Å². The van der Waals surface area contributed by atoms with Crippen molar-refractivity contribution in [2.75, 3.05) is 61.9 Å². The molecule has 2 heterocycles. The molecule has 2 aliphatic heterocycles. The molecule has 0 saturated carbocycles. The van der Waals surface area contributed by atoms with Crippen LogP contribution in [0.25, 0.3) is 0 Å². The van der Waals surface area contributed by atoms with E-state index in [0.29, 0.717) is 56.2 Å². The van der Waals surface area contributed by atoms with Crippen LogP contribution >= 0.6 is 0 Å². The Labute approximate surface area is 264 Å². The molecule has 3 aromatic rings. The van der Waals surface area contributed by atoms with Gasteiger partial charge >= 0.3 is 0 Å². The molecule has 2 fully saturated rings. The largest absolute Gasteiger partial charge is 0.495 e. The third-order valence-electron chi connectivity index (χ3n) is 8.20. The minimum atomic E-state index is -3.71. The van der Waals surface area contributed by atoms with Crippen LogP contribution in [-0.2, 0) is 19.6 Å². The molecule has 2 saturated heterocycles. The highest BCUT2D eigenvalue weighted by atomic mass is 32.2. The Balaban J connectivity index is 1.13. The molecule has 3 amide bonds. The highest BCUT2D eigenvalue weighted by Gasteiger charge is 2.34. The number of para-hydroxylation sites is 2. The number of sulfonamides is 1. The zero-order valence-electron chi connectivity index (χ0n) is 25.6. The van der Waals surface area contributed by atoms with Crippen molar-refractivity contribution in [3.8, 4) is 5.75 Å². The second-order valence-corrected chi connectivity index (χ2v) is 13.1. The zero-order chi connectivity index (χ0) is 32.0. The van der Waals surface area contributed by atoms with Crippen molar-refractivity contribution in [1.82, 2.24) is 9.21 Å². The molecule has 0 aromatic heterocycles. The molecule has 0 aliphatic carbocycles. The summed E-state index contributed by atoms with van der Waals surface area (Å²) in [5.41, 5.74) is 2.30. The van der Waals surface area contributed by atoms with Gasteiger partial charge in [-0.15, -0.1) is 0 Å². The van der Waals surface area contributed by atoms with Gasteiger partial charge in [0.2, 0.25) is 21.8 Å². The maximum atomic E-state index is 13.3. The van der Waals surface area contributed by atoms with Gasteiger partial charge < -0.3 is 25.2 Å². The summed E-state index contributed by atoms with van der Waals surface area (Å²) in [6.07, 6.45) is 2.10. The summed E-state index contributed by atoms with van der Waals surface area (Å²) >= 11 is 0. The Hall–Kier alpha value is -4.42. The molecule has 3 aromatic carbocycles. The molecule has 2 N–H and O–H groups in total. The lowest BCUT2D eigenvalue weighted by atomic mass is 10.1. The Kier molecular flexibility index (Phi) is 10.0. The van der Waals surface area contributed by atoms with Gasteiger partial charge in [-0.25, -0.2) is 8.42 Å². The number of amides is 3. The third kappa shape index (κ3) is 7.46. The van der Waals surface area contributed by atoms with E-state index in [-0.39, 0.29) is 29.0 Å². The van der Waals surface area contributed by atoms with Crippen LogP contribution in [0.2, 0.25) is 0 Å². The van der Waals surface area contributed by atoms with E-state index < -0.39 is 15.9 Å². The van der Waals surface area contributed by atoms with Crippen LogP contribution in [-0.4, -0.2) is 81.7 Å². The van der Waals surface area contributed by atoms with E-state index in [1.165, 1.54) is 16.4 Å². The molecule has 0 radical (unpaired) electrons. The quantitative estimate of drug-likeness (QED) is 0.326. The highest BCUT2D eigenvalue weighted by molar-refractivity contribution is 7.89. The SMILES string of the molecule is CCCCN1CC(C(=O)Nc2ccc(C(=O)Nc3ccc(S(=O)(=O)N4CCN(c5ccccc5OC)CC4)cc3)cc2)CC1=O. The normalized spacial score (nSPS) is 17.3. The smallest absolute Gasteiger partial charge is 0.255 e. The minimum Gasteiger partial charge on any atom is -0.495 e. The third-order valence-corrected chi connectivity index (χ3v) is 10.1. The Bertz CT molecular complexity index is 1620. The number of hydrogen-bond donors (Lipinski definition) is 2. The maximum Gasteiger partial charge on any atom is 0.255 e. The van der Waals surface area contributed by atoms with Crippen molar-refractivity contribution < 1.29 is 27.5 Å². The van der Waals surface area contributed by atoms with Gasteiger partial charge in [0.1, 0.15) is 5.75 Å². The summed E-state index contributed by atoms with van der Waals surface area (Å²) in [5, 5.41) is 5.63. The summed E-state index contributed by atoms with van der Waals surface area (Å²) in [6, 6.07) is 20.3. The molecule has 2 aliphatic rings. The predicted molar refractivity (Wildman–Crippen MR) is 173 cm³/mol. The lowest BCUT2D eigenvalue weighted by molar-refractivity contribution is -0.128. The highest BCUT2D eigenvalue weighted by Crippen LogP contribution is 2.29. The predicted octanol–water partition coefficient (Wildman–Crippen LogP) is 4.05. The van der Waals surface area contributed by atoms with Gasteiger partial charge in [-0.2, -0.15) is 4.31 Å². The standard InChI is InChI=1S/C33H39N5O6S/c1-3-4-17-37-23-25(22-31(37)39)33(41)35-26-11-9-24(10-12-26)32(40)34-27-13-15-28(16-14-27)45(42,43)38-20-18-36(19-21-38)29-7-5-6-8-30(29)44-2/h5-16,25H,3-4,17-23H2,1-2H3,(H,34,40)(H,35,41). The number of likely N-dealkylation sites (tertiary alicyclic amines) is 1. The van der Waals surface area contributed by atoms with Crippen LogP contribution in [0.4, 0.5) is 17.1 Å². The number of carbonyl (C=O) groups is 3. The topological polar surface area (TPSA) is 128 Å². The Morgan fingerprint density at radius 3 is 2.20 bits per heavy atom. The first-order chi connectivity index (χ1) is 21.7. The number of rotatable bonds is 11. The Morgan fingerprint density at radius 1 is 0.889 bits per heavy atom. The van der Waals surface area contributed by atoms with Crippen LogP contribution in [0.1, 0.15) is 36.5 Å². The summed E-state index contributed by atoms with van der Waals surface area (Å²) in [6.45, 7) is 4.90. The van der Waals surface area contributed by atoms with Crippen LogP contribution in [0, 0.1) is 5.92 Å². The van der Waals surface area contributed by atoms with Crippen molar-refractivity contribution >= 4 is 44.8 Å². The van der Waals surface area contributed by atoms with Crippen LogP contribution in [0.5, 0.6) is 5.75 Å². The van der Waals surface area contributed by atoms with E-state index in [1.54, 1.807) is 48.4 Å². The van der Waals surface area contributed by atoms with E-state index >= 15 is 0 Å². The monoisotopic (exact) mass is 633 g/mol. The fourth-order valence-electron chi connectivity index (χ4n) is 5.59. The maximum absolute atomic E-state index is 13.3. The molecule has 12 heteroatoms. The van der Waals surface area contributed by atoms with Gasteiger partial charge in [0.25, 0.3) is 5.91 Å². The molecule has 45 heavy (non-hydrogen) atoms. The van der Waals surface area contributed by atoms with E-state index in [1.807, 2.05) is 24.3 Å². The lowest BCUT2D eigenvalue weighted by Crippen LogP contribution is -2.48. The number of anilines is 3. The van der Waals surface area contributed by atoms with Crippen molar-refractivity contribution in [3.05, 3.63) is 78.4 Å². The Morgan fingerprint density at radius 2 is 1.53 bits per heavy atom. The van der Waals surface area contributed by atoms with E-state index in [2.05, 4.69) is 22.5 Å². The first kappa shape index (κ1) is 32.0. The number of piperazine rings is 1. The fourth-order valence-corrected chi connectivity index (χ4v) is 7.01. The molecule has 0 spiro atoms. The van der Waals surface area contributed by atoms with Crippen molar-refractivity contribution in [1.29, 1.82) is 0 Å². The van der Waals surface area contributed by atoms with Crippen LogP contribution in [0.3, 0.4) is 0 Å². The van der Waals surface area contributed by atoms with Gasteiger partial charge in [-0.3, -0.25) is 14.4 Å². The van der Waals surface area contributed by atoms with Gasteiger partial charge in [-0.1, -0.05) is 25.5 Å². The number of nitrogens with zero attached hydrogens (tertiary/aromatic N) is 3. The van der Waals surface area contributed by atoms with Gasteiger partial charge in [0.05, 0.1) is 23.6 Å². The number of unbranched alkanes of at least 4 members (excludes halogenated alkanes) is 1. The summed E-state index contributed by atoms with van der Waals surface area (Å²) in [5.74, 6) is -0.227. The molecular formula is C33H39N5O6S. The molecule has 11 nitrogen and oxygen atoms in total. The van der Waals surface area contributed by atoms with Gasteiger partial charge in [-0.05, 0) is 67.1 Å². The average Bonchev–Trinajstić information content (AvgIpc) is 3.44. The van der Waals surface area contributed by atoms with Crippen LogP contribution in [0.15, 0.2) is 77.7 Å². The van der Waals surface area contributed by atoms with E-state index in [4.69, 9.17) is 4.74 Å². The molecule has 1 unspecified atom stereocenters. The first-order valence-electron chi connectivity index (χ1n) is 15.2. The lowest BCUT2D eigenvalue weighted by Gasteiger charge is -2.35. The molecule has 0 bridgehead atoms. The fraction of sp³-hybridized carbons (Fsp3) is 0.364. The second kappa shape index (κ2) is 14.1. The number of methoxy groups -OCH3 is 1. The number of carbonyl (C=O) groups excluding carboxylic acids is 3. The van der Waals surface area contributed by atoms with Gasteiger partial charge in [0.15, 0.2) is 0 Å². The molecular weight excluding hydrogens is 594 g/mol. The second-order valence-electron chi connectivity index (χ2n) is 11.2. The van der Waals surface area contributed by atoms with Gasteiger partial charge in [0, 0.05) is 62.6 Å². The number of hydrogen-bond acceptors (Lipinski definition) is 7. The summed E-state index contributed by atoms with van der Waals surface area (Å²) in [7, 11) is -2.09. The minimum absolute atomic E-state index is 0.00398. The molecule has 238 valence electrons. The van der Waals surface area contributed by atoms with Crippen molar-refractivity contribution in [2.24, 2.45) is 5.92 Å². The van der Waals surface area contributed by atoms with Crippen molar-refractivity contribution in [2.45, 2.75) is 31.1 Å². The number of benzene rings is 3. The zero-order valence-corrected chi connectivity index (χ0v) is 26.4. The number of nitrogens with one attached hydrogen (secondary N) is 2. The first-order valence-corrected chi connectivity index (χ1v) is 16.6. The molecule has 5 rings (SSSR count). The summed E-state index contributed by atoms with van der Waals surface area (Å²) < 4.78 is 33.6. The number of ether oxygens (including phenoxy) is 1. The summed E-state index contributed by atoms with van der Waals surface area (Å²) in [4.78, 5) is 41.8. The van der Waals surface area contributed by atoms with Crippen molar-refractivity contribution in [3.63, 3.8) is 0 Å².